The zero-order chi connectivity index (χ0) is 15.8. The van der Waals surface area contributed by atoms with Gasteiger partial charge < -0.3 is 10.6 Å². The maximum Gasteiger partial charge on any atom is 0.309 e. The molecule has 0 aliphatic heterocycles. The van der Waals surface area contributed by atoms with Crippen molar-refractivity contribution in [1.29, 1.82) is 5.26 Å². The first-order chi connectivity index (χ1) is 10.7. The fourth-order valence-electron chi connectivity index (χ4n) is 2.93. The quantitative estimate of drug-likeness (QED) is 0.364. The van der Waals surface area contributed by atoms with Crippen molar-refractivity contribution in [1.82, 2.24) is 5.32 Å². The average Bonchev–Trinajstić information content (AvgIpc) is 2.79. The highest BCUT2D eigenvalue weighted by Gasteiger charge is 2.19. The van der Waals surface area contributed by atoms with E-state index in [-0.39, 0.29) is 11.3 Å². The number of anilines is 1. The Labute approximate surface area is 130 Å². The van der Waals surface area contributed by atoms with E-state index in [1.54, 1.807) is 12.1 Å². The Balaban J connectivity index is 1.86. The molecule has 0 spiro atoms. The third-order valence-electron chi connectivity index (χ3n) is 4.07. The molecule has 1 aliphatic carbocycles. The lowest BCUT2D eigenvalue weighted by Crippen LogP contribution is -2.32. The summed E-state index contributed by atoms with van der Waals surface area (Å²) in [5.41, 5.74) is 0.359. The maximum atomic E-state index is 11.1. The minimum absolute atomic E-state index is 0.0896. The molecule has 0 aromatic heterocycles. The first-order valence-electron chi connectivity index (χ1n) is 7.87. The number of nitrogens with one attached hydrogen (secondary N) is 2. The average molecular weight is 302 g/mol. The van der Waals surface area contributed by atoms with Gasteiger partial charge in [0.25, 0.3) is 0 Å². The van der Waals surface area contributed by atoms with E-state index in [2.05, 4.69) is 10.6 Å². The molecule has 1 aromatic rings. The highest BCUT2D eigenvalue weighted by atomic mass is 16.6. The molecule has 0 atom stereocenters. The monoisotopic (exact) mass is 302 g/mol. The standard InChI is InChI=1S/C16H22N4O2/c17-12-13-6-5-9-15(16(13)20(21)22)19-11-10-18-14-7-3-1-2-4-8-14/h5-6,9,14,18-19H,1-4,7-8,10-11H2. The van der Waals surface area contributed by atoms with Crippen LogP contribution in [0, 0.1) is 21.4 Å². The van der Waals surface area contributed by atoms with Gasteiger partial charge in [-0.05, 0) is 25.0 Å². The second-order valence-electron chi connectivity index (χ2n) is 5.64. The molecule has 2 rings (SSSR count). The van der Waals surface area contributed by atoms with Crippen molar-refractivity contribution in [2.75, 3.05) is 18.4 Å². The summed E-state index contributed by atoms with van der Waals surface area (Å²) in [4.78, 5) is 10.6. The first-order valence-corrected chi connectivity index (χ1v) is 7.87. The minimum atomic E-state index is -0.500. The molecule has 2 N–H and O–H groups in total. The molecule has 0 bridgehead atoms. The van der Waals surface area contributed by atoms with E-state index in [1.807, 2.05) is 6.07 Å². The molecular weight excluding hydrogens is 280 g/mol. The number of hydrogen-bond donors (Lipinski definition) is 2. The van der Waals surface area contributed by atoms with Crippen LogP contribution in [0.15, 0.2) is 18.2 Å². The van der Waals surface area contributed by atoms with Crippen molar-refractivity contribution >= 4 is 11.4 Å². The zero-order valence-corrected chi connectivity index (χ0v) is 12.7. The minimum Gasteiger partial charge on any atom is -0.378 e. The van der Waals surface area contributed by atoms with E-state index in [0.29, 0.717) is 18.3 Å². The van der Waals surface area contributed by atoms with Gasteiger partial charge >= 0.3 is 5.69 Å². The van der Waals surface area contributed by atoms with Crippen LogP contribution in [0.3, 0.4) is 0 Å². The normalized spacial score (nSPS) is 15.8. The van der Waals surface area contributed by atoms with E-state index < -0.39 is 4.92 Å². The van der Waals surface area contributed by atoms with Gasteiger partial charge in [0.05, 0.1) is 4.92 Å². The largest absolute Gasteiger partial charge is 0.378 e. The molecule has 0 heterocycles. The molecule has 6 nitrogen and oxygen atoms in total. The van der Waals surface area contributed by atoms with Crippen LogP contribution in [-0.4, -0.2) is 24.1 Å². The Bertz CT molecular complexity index is 546. The predicted octanol–water partition coefficient (Wildman–Crippen LogP) is 3.19. The molecule has 1 saturated carbocycles. The Morgan fingerprint density at radius 2 is 1.95 bits per heavy atom. The molecule has 0 radical (unpaired) electrons. The van der Waals surface area contributed by atoms with E-state index >= 15 is 0 Å². The molecule has 1 aromatic carbocycles. The van der Waals surface area contributed by atoms with Gasteiger partial charge in [0, 0.05) is 19.1 Å². The van der Waals surface area contributed by atoms with Crippen molar-refractivity contribution < 1.29 is 4.92 Å². The summed E-state index contributed by atoms with van der Waals surface area (Å²) in [6, 6.07) is 7.20. The Morgan fingerprint density at radius 1 is 1.23 bits per heavy atom. The molecule has 22 heavy (non-hydrogen) atoms. The van der Waals surface area contributed by atoms with Crippen LogP contribution in [0.25, 0.3) is 0 Å². The summed E-state index contributed by atoms with van der Waals surface area (Å²) in [6.07, 6.45) is 7.63. The number of nitro benzene ring substituents is 1. The number of nitriles is 1. The predicted molar refractivity (Wildman–Crippen MR) is 85.8 cm³/mol. The van der Waals surface area contributed by atoms with Crippen molar-refractivity contribution in [3.05, 3.63) is 33.9 Å². The molecule has 1 fully saturated rings. The van der Waals surface area contributed by atoms with E-state index in [4.69, 9.17) is 5.26 Å². The fraction of sp³-hybridized carbons (Fsp3) is 0.562. The third-order valence-corrected chi connectivity index (χ3v) is 4.07. The number of nitro groups is 1. The van der Waals surface area contributed by atoms with Gasteiger partial charge in [-0.2, -0.15) is 5.26 Å². The molecule has 6 heteroatoms. The molecule has 1 aliphatic rings. The molecule has 118 valence electrons. The van der Waals surface area contributed by atoms with Gasteiger partial charge in [-0.25, -0.2) is 0 Å². The smallest absolute Gasteiger partial charge is 0.309 e. The lowest BCUT2D eigenvalue weighted by Gasteiger charge is -2.16. The number of para-hydroxylation sites is 1. The van der Waals surface area contributed by atoms with Gasteiger partial charge in [0.1, 0.15) is 17.3 Å². The fourth-order valence-corrected chi connectivity index (χ4v) is 2.93. The van der Waals surface area contributed by atoms with Crippen LogP contribution < -0.4 is 10.6 Å². The SMILES string of the molecule is N#Cc1cccc(NCCNC2CCCCCC2)c1[N+](=O)[O-]. The maximum absolute atomic E-state index is 11.1. The van der Waals surface area contributed by atoms with Gasteiger partial charge in [-0.3, -0.25) is 10.1 Å². The van der Waals surface area contributed by atoms with Crippen LogP contribution in [0.2, 0.25) is 0 Å². The van der Waals surface area contributed by atoms with Gasteiger partial charge in [0.15, 0.2) is 0 Å². The van der Waals surface area contributed by atoms with Crippen molar-refractivity contribution in [3.63, 3.8) is 0 Å². The zero-order valence-electron chi connectivity index (χ0n) is 12.7. The van der Waals surface area contributed by atoms with Crippen LogP contribution >= 0.6 is 0 Å². The highest BCUT2D eigenvalue weighted by Crippen LogP contribution is 2.27. The number of nitrogens with zero attached hydrogens (tertiary/aromatic N) is 2. The van der Waals surface area contributed by atoms with Crippen LogP contribution in [0.4, 0.5) is 11.4 Å². The van der Waals surface area contributed by atoms with Crippen molar-refractivity contribution in [3.8, 4) is 6.07 Å². The number of hydrogen-bond acceptors (Lipinski definition) is 5. The summed E-state index contributed by atoms with van der Waals surface area (Å²) in [5, 5.41) is 26.7. The lowest BCUT2D eigenvalue weighted by atomic mass is 10.1. The van der Waals surface area contributed by atoms with Crippen LogP contribution in [-0.2, 0) is 0 Å². The molecule has 0 saturated heterocycles. The first kappa shape index (κ1) is 16.2. The van der Waals surface area contributed by atoms with E-state index in [1.165, 1.54) is 44.6 Å². The van der Waals surface area contributed by atoms with Crippen molar-refractivity contribution in [2.24, 2.45) is 0 Å². The second-order valence-corrected chi connectivity index (χ2v) is 5.64. The van der Waals surface area contributed by atoms with Gasteiger partial charge in [0.2, 0.25) is 0 Å². The van der Waals surface area contributed by atoms with Crippen LogP contribution in [0.5, 0.6) is 0 Å². The van der Waals surface area contributed by atoms with Gasteiger partial charge in [-0.1, -0.05) is 31.7 Å². The summed E-state index contributed by atoms with van der Waals surface area (Å²) in [7, 11) is 0. The summed E-state index contributed by atoms with van der Waals surface area (Å²) in [5.74, 6) is 0. The van der Waals surface area contributed by atoms with E-state index in [9.17, 15) is 10.1 Å². The van der Waals surface area contributed by atoms with Crippen molar-refractivity contribution in [2.45, 2.75) is 44.6 Å². The summed E-state index contributed by atoms with van der Waals surface area (Å²) in [6.45, 7) is 1.37. The number of rotatable bonds is 6. The summed E-state index contributed by atoms with van der Waals surface area (Å²) >= 11 is 0. The van der Waals surface area contributed by atoms with Gasteiger partial charge in [-0.15, -0.1) is 0 Å². The number of benzene rings is 1. The Hall–Kier alpha value is -2.13. The lowest BCUT2D eigenvalue weighted by molar-refractivity contribution is -0.384. The molecule has 0 amide bonds. The van der Waals surface area contributed by atoms with E-state index in [0.717, 1.165) is 6.54 Å². The summed E-state index contributed by atoms with van der Waals surface area (Å²) < 4.78 is 0. The Morgan fingerprint density at radius 3 is 2.59 bits per heavy atom. The second kappa shape index (κ2) is 8.35. The third kappa shape index (κ3) is 4.43. The Kier molecular flexibility index (Phi) is 6.16. The molecule has 0 unspecified atom stereocenters. The highest BCUT2D eigenvalue weighted by molar-refractivity contribution is 5.68. The molecular formula is C16H22N4O2. The van der Waals surface area contributed by atoms with Crippen LogP contribution in [0.1, 0.15) is 44.1 Å². The topological polar surface area (TPSA) is 91.0 Å².